The van der Waals surface area contributed by atoms with Crippen LogP contribution >= 0.6 is 22.9 Å². The van der Waals surface area contributed by atoms with Crippen LogP contribution in [-0.2, 0) is 0 Å². The van der Waals surface area contributed by atoms with Gasteiger partial charge < -0.3 is 10.6 Å². The molecule has 0 saturated carbocycles. The molecule has 0 spiro atoms. The van der Waals surface area contributed by atoms with E-state index in [1.165, 1.54) is 11.5 Å². The van der Waals surface area contributed by atoms with Crippen molar-refractivity contribution in [2.45, 2.75) is 27.2 Å². The summed E-state index contributed by atoms with van der Waals surface area (Å²) in [7, 11) is 2.10. The molecule has 0 aliphatic heterocycles. The van der Waals surface area contributed by atoms with Crippen LogP contribution in [0.15, 0.2) is 5.38 Å². The molecule has 0 amide bonds. The Hall–Kier alpha value is -1.14. The molecule has 2 aromatic rings. The number of hydrogen-bond donors (Lipinski definition) is 1. The molecule has 0 saturated heterocycles. The van der Waals surface area contributed by atoms with Gasteiger partial charge in [-0.2, -0.15) is 4.37 Å². The lowest BCUT2D eigenvalue weighted by atomic mass is 10.1. The number of aryl methyl sites for hydroxylation is 1. The highest BCUT2D eigenvalue weighted by Crippen LogP contribution is 2.39. The number of nitrogens with zero attached hydrogens (tertiary/aromatic N) is 3. The molecule has 4 nitrogen and oxygen atoms in total. The van der Waals surface area contributed by atoms with Gasteiger partial charge in [-0.3, -0.25) is 0 Å². The maximum absolute atomic E-state index is 6.01. The van der Waals surface area contributed by atoms with Crippen molar-refractivity contribution in [1.29, 1.82) is 0 Å². The lowest BCUT2D eigenvalue weighted by molar-refractivity contribution is 0.586. The smallest absolute Gasteiger partial charge is 0.148 e. The summed E-state index contributed by atoms with van der Waals surface area (Å²) < 4.78 is 4.29. The van der Waals surface area contributed by atoms with Crippen molar-refractivity contribution in [2.24, 2.45) is 5.92 Å². The van der Waals surface area contributed by atoms with Crippen LogP contribution in [0.3, 0.4) is 0 Å². The molecule has 19 heavy (non-hydrogen) atoms. The summed E-state index contributed by atoms with van der Waals surface area (Å²) in [6.07, 6.45) is 1.16. The molecule has 2 rings (SSSR count). The highest BCUT2D eigenvalue weighted by Gasteiger charge is 2.19. The minimum absolute atomic E-state index is 0.585. The number of nitrogen functional groups attached to an aromatic ring is 1. The minimum atomic E-state index is 0.585. The molecule has 0 aliphatic rings. The van der Waals surface area contributed by atoms with E-state index >= 15 is 0 Å². The summed E-state index contributed by atoms with van der Waals surface area (Å²) >= 11 is 3.10. The number of rotatable bonds is 5. The normalized spacial score (nSPS) is 11.2. The zero-order valence-corrected chi connectivity index (χ0v) is 13.4. The summed E-state index contributed by atoms with van der Waals surface area (Å²) in [4.78, 5) is 6.76. The SMILES string of the molecule is Cc1nc(-c2c(N)nsc2N(C)CCC(C)C)cs1. The Morgan fingerprint density at radius 2 is 2.16 bits per heavy atom. The first-order valence-corrected chi connectivity index (χ1v) is 8.03. The van der Waals surface area contributed by atoms with Gasteiger partial charge in [0.15, 0.2) is 0 Å². The Kier molecular flexibility index (Phi) is 4.42. The van der Waals surface area contributed by atoms with Crippen molar-refractivity contribution in [3.8, 4) is 11.3 Å². The summed E-state index contributed by atoms with van der Waals surface area (Å²) in [6.45, 7) is 7.49. The van der Waals surface area contributed by atoms with Gasteiger partial charge in [-0.15, -0.1) is 11.3 Å². The highest BCUT2D eigenvalue weighted by atomic mass is 32.1. The molecule has 0 atom stereocenters. The predicted molar refractivity (Wildman–Crippen MR) is 85.1 cm³/mol. The third kappa shape index (κ3) is 3.25. The second kappa shape index (κ2) is 5.88. The predicted octanol–water partition coefficient (Wildman–Crippen LogP) is 3.64. The number of nitrogens with two attached hydrogens (primary N) is 1. The van der Waals surface area contributed by atoms with Crippen molar-refractivity contribution in [3.63, 3.8) is 0 Å². The fourth-order valence-electron chi connectivity index (χ4n) is 1.83. The van der Waals surface area contributed by atoms with Crippen LogP contribution in [0, 0.1) is 12.8 Å². The molecule has 2 N–H and O–H groups in total. The molecule has 0 radical (unpaired) electrons. The lowest BCUT2D eigenvalue weighted by Gasteiger charge is -2.19. The van der Waals surface area contributed by atoms with Gasteiger partial charge in [0.2, 0.25) is 0 Å². The molecule has 0 bridgehead atoms. The Bertz CT molecular complexity index is 545. The average Bonchev–Trinajstić information content (AvgIpc) is 2.92. The molecule has 0 aliphatic carbocycles. The first kappa shape index (κ1) is 14.3. The van der Waals surface area contributed by atoms with Crippen molar-refractivity contribution in [1.82, 2.24) is 9.36 Å². The zero-order valence-electron chi connectivity index (χ0n) is 11.8. The molecule has 0 fully saturated rings. The van der Waals surface area contributed by atoms with Crippen LogP contribution in [0.2, 0.25) is 0 Å². The topological polar surface area (TPSA) is 55.0 Å². The first-order valence-electron chi connectivity index (χ1n) is 6.37. The standard InChI is InChI=1S/C13H20N4S2/c1-8(2)5-6-17(4)13-11(12(14)16-19-13)10-7-18-9(3)15-10/h7-8H,5-6H2,1-4H3,(H2,14,16). The first-order chi connectivity index (χ1) is 8.99. The van der Waals surface area contributed by atoms with Gasteiger partial charge in [0.1, 0.15) is 10.8 Å². The van der Waals surface area contributed by atoms with E-state index in [1.807, 2.05) is 6.92 Å². The number of anilines is 2. The van der Waals surface area contributed by atoms with E-state index in [9.17, 15) is 0 Å². The summed E-state index contributed by atoms with van der Waals surface area (Å²) in [5.41, 5.74) is 7.94. The molecule has 0 unspecified atom stereocenters. The Labute approximate surface area is 122 Å². The van der Waals surface area contributed by atoms with Crippen LogP contribution < -0.4 is 10.6 Å². The number of thiazole rings is 1. The quantitative estimate of drug-likeness (QED) is 0.915. The van der Waals surface area contributed by atoms with E-state index in [4.69, 9.17) is 5.73 Å². The second-order valence-electron chi connectivity index (χ2n) is 5.10. The fourth-order valence-corrected chi connectivity index (χ4v) is 3.24. The summed E-state index contributed by atoms with van der Waals surface area (Å²) in [6, 6.07) is 0. The van der Waals surface area contributed by atoms with Crippen LogP contribution in [-0.4, -0.2) is 22.9 Å². The van der Waals surface area contributed by atoms with E-state index in [-0.39, 0.29) is 0 Å². The molecule has 104 valence electrons. The molecular weight excluding hydrogens is 276 g/mol. The molecule has 2 aromatic heterocycles. The maximum Gasteiger partial charge on any atom is 0.148 e. The second-order valence-corrected chi connectivity index (χ2v) is 6.92. The lowest BCUT2D eigenvalue weighted by Crippen LogP contribution is -2.19. The van der Waals surface area contributed by atoms with Gasteiger partial charge in [-0.25, -0.2) is 4.98 Å². The number of aromatic nitrogens is 2. The maximum atomic E-state index is 6.01. The van der Waals surface area contributed by atoms with E-state index in [0.29, 0.717) is 11.7 Å². The zero-order chi connectivity index (χ0) is 14.0. The molecule has 6 heteroatoms. The molecule has 2 heterocycles. The molecular formula is C13H20N4S2. The molecule has 0 aromatic carbocycles. The Morgan fingerprint density at radius 1 is 1.42 bits per heavy atom. The van der Waals surface area contributed by atoms with Crippen molar-refractivity contribution in [2.75, 3.05) is 24.2 Å². The van der Waals surface area contributed by atoms with Gasteiger partial charge in [-0.05, 0) is 30.8 Å². The third-order valence-electron chi connectivity index (χ3n) is 2.96. The van der Waals surface area contributed by atoms with Crippen LogP contribution in [0.4, 0.5) is 10.8 Å². The highest BCUT2D eigenvalue weighted by molar-refractivity contribution is 7.11. The summed E-state index contributed by atoms with van der Waals surface area (Å²) in [5, 5.41) is 4.22. The van der Waals surface area contributed by atoms with Gasteiger partial charge >= 0.3 is 0 Å². The average molecular weight is 296 g/mol. The monoisotopic (exact) mass is 296 g/mol. The van der Waals surface area contributed by atoms with E-state index < -0.39 is 0 Å². The Morgan fingerprint density at radius 3 is 2.74 bits per heavy atom. The fraction of sp³-hybridized carbons (Fsp3) is 0.538. The van der Waals surface area contributed by atoms with Gasteiger partial charge in [0.05, 0.1) is 16.3 Å². The third-order valence-corrected chi connectivity index (χ3v) is 4.71. The van der Waals surface area contributed by atoms with E-state index in [1.54, 1.807) is 11.3 Å². The van der Waals surface area contributed by atoms with E-state index in [0.717, 1.165) is 34.2 Å². The van der Waals surface area contributed by atoms with Crippen LogP contribution in [0.5, 0.6) is 0 Å². The van der Waals surface area contributed by atoms with Crippen LogP contribution in [0.1, 0.15) is 25.3 Å². The van der Waals surface area contributed by atoms with Crippen molar-refractivity contribution >= 4 is 33.7 Å². The van der Waals surface area contributed by atoms with E-state index in [2.05, 4.69) is 40.5 Å². The minimum Gasteiger partial charge on any atom is -0.382 e. The number of hydrogen-bond acceptors (Lipinski definition) is 6. The van der Waals surface area contributed by atoms with Gasteiger partial charge in [0, 0.05) is 19.0 Å². The van der Waals surface area contributed by atoms with Crippen molar-refractivity contribution < 1.29 is 0 Å². The Balaban J connectivity index is 2.27. The largest absolute Gasteiger partial charge is 0.382 e. The van der Waals surface area contributed by atoms with Gasteiger partial charge in [-0.1, -0.05) is 13.8 Å². The van der Waals surface area contributed by atoms with Gasteiger partial charge in [0.25, 0.3) is 0 Å². The van der Waals surface area contributed by atoms with Crippen molar-refractivity contribution in [3.05, 3.63) is 10.4 Å². The summed E-state index contributed by atoms with van der Waals surface area (Å²) in [5.74, 6) is 1.28. The van der Waals surface area contributed by atoms with Crippen LogP contribution in [0.25, 0.3) is 11.3 Å².